The van der Waals surface area contributed by atoms with Crippen LogP contribution in [0.25, 0.3) is 11.2 Å². The lowest BCUT2D eigenvalue weighted by atomic mass is 10.2. The summed E-state index contributed by atoms with van der Waals surface area (Å²) in [5.74, 6) is -0.109. The van der Waals surface area contributed by atoms with Crippen molar-refractivity contribution in [3.05, 3.63) is 47.0 Å². The van der Waals surface area contributed by atoms with Crippen LogP contribution in [0.1, 0.15) is 23.0 Å². The molecule has 1 saturated heterocycles. The molecule has 0 aliphatic carbocycles. The quantitative estimate of drug-likeness (QED) is 0.659. The Hall–Kier alpha value is -2.94. The lowest BCUT2D eigenvalue weighted by Crippen LogP contribution is -2.32. The standard InChI is InChI=1S/C18H22N6O3/c1-21-11-14(20-12-21)17(25)22-7-5-13(10-22)24-16-15(4-3-6-19-16)23(18(24)26)8-9-27-2/h3-4,6,11-13H,5,7-10H2,1-2H3/t13-/m1/s1. The first-order valence-electron chi connectivity index (χ1n) is 8.92. The number of carbonyl (C=O) groups is 1. The van der Waals surface area contributed by atoms with Gasteiger partial charge < -0.3 is 14.2 Å². The number of imidazole rings is 2. The van der Waals surface area contributed by atoms with E-state index < -0.39 is 0 Å². The third kappa shape index (κ3) is 3.03. The second-order valence-electron chi connectivity index (χ2n) is 6.76. The normalized spacial score (nSPS) is 17.1. The number of methoxy groups -OCH3 is 1. The van der Waals surface area contributed by atoms with E-state index in [0.29, 0.717) is 44.0 Å². The number of fused-ring (bicyclic) bond motifs is 1. The van der Waals surface area contributed by atoms with E-state index in [0.717, 1.165) is 5.52 Å². The molecule has 0 bridgehead atoms. The third-order valence-electron chi connectivity index (χ3n) is 4.98. The van der Waals surface area contributed by atoms with Gasteiger partial charge in [-0.1, -0.05) is 0 Å². The van der Waals surface area contributed by atoms with Crippen molar-refractivity contribution in [2.45, 2.75) is 19.0 Å². The molecule has 0 radical (unpaired) electrons. The molecule has 3 aromatic rings. The minimum atomic E-state index is -0.113. The van der Waals surface area contributed by atoms with Gasteiger partial charge in [-0.3, -0.25) is 13.9 Å². The molecule has 1 aliphatic rings. The van der Waals surface area contributed by atoms with Gasteiger partial charge in [0.2, 0.25) is 0 Å². The molecule has 1 atom stereocenters. The average Bonchev–Trinajstić information content (AvgIpc) is 3.37. The molecule has 142 valence electrons. The van der Waals surface area contributed by atoms with E-state index in [1.54, 1.807) is 44.4 Å². The van der Waals surface area contributed by atoms with Crippen LogP contribution >= 0.6 is 0 Å². The third-order valence-corrected chi connectivity index (χ3v) is 4.98. The summed E-state index contributed by atoms with van der Waals surface area (Å²) in [6, 6.07) is 3.61. The van der Waals surface area contributed by atoms with E-state index in [4.69, 9.17) is 4.74 Å². The molecular formula is C18H22N6O3. The molecule has 0 N–H and O–H groups in total. The summed E-state index contributed by atoms with van der Waals surface area (Å²) in [6.45, 7) is 1.97. The van der Waals surface area contributed by atoms with Crippen LogP contribution in [0.2, 0.25) is 0 Å². The Morgan fingerprint density at radius 2 is 2.22 bits per heavy atom. The van der Waals surface area contributed by atoms with Gasteiger partial charge in [0, 0.05) is 39.6 Å². The number of rotatable bonds is 5. The Bertz CT molecular complexity index is 1030. The van der Waals surface area contributed by atoms with Gasteiger partial charge in [0.25, 0.3) is 5.91 Å². The summed E-state index contributed by atoms with van der Waals surface area (Å²) in [5, 5.41) is 0. The van der Waals surface area contributed by atoms with Crippen LogP contribution < -0.4 is 5.69 Å². The molecular weight excluding hydrogens is 348 g/mol. The molecule has 1 aliphatic heterocycles. The lowest BCUT2D eigenvalue weighted by molar-refractivity contribution is 0.0782. The highest BCUT2D eigenvalue weighted by Crippen LogP contribution is 2.25. The van der Waals surface area contributed by atoms with Crippen molar-refractivity contribution in [1.29, 1.82) is 0 Å². The zero-order valence-electron chi connectivity index (χ0n) is 15.4. The summed E-state index contributed by atoms with van der Waals surface area (Å²) in [6.07, 6.45) is 5.71. The molecule has 9 heteroatoms. The number of pyridine rings is 1. The molecule has 9 nitrogen and oxygen atoms in total. The molecule has 0 unspecified atom stereocenters. The van der Waals surface area contributed by atoms with Crippen molar-refractivity contribution < 1.29 is 9.53 Å². The molecule has 0 aromatic carbocycles. The van der Waals surface area contributed by atoms with Gasteiger partial charge in [-0.2, -0.15) is 0 Å². The summed E-state index contributed by atoms with van der Waals surface area (Å²) in [5.41, 5.74) is 1.74. The number of hydrogen-bond donors (Lipinski definition) is 0. The van der Waals surface area contributed by atoms with Gasteiger partial charge >= 0.3 is 5.69 Å². The van der Waals surface area contributed by atoms with Crippen molar-refractivity contribution in [3.8, 4) is 0 Å². The van der Waals surface area contributed by atoms with Crippen molar-refractivity contribution in [2.24, 2.45) is 7.05 Å². The maximum Gasteiger partial charge on any atom is 0.330 e. The van der Waals surface area contributed by atoms with E-state index in [1.807, 2.05) is 19.2 Å². The van der Waals surface area contributed by atoms with E-state index in [1.165, 1.54) is 0 Å². The SMILES string of the molecule is COCCn1c(=O)n([C@@H]2CCN(C(=O)c3cn(C)cn3)C2)c2ncccc21. The van der Waals surface area contributed by atoms with Crippen LogP contribution in [-0.4, -0.2) is 61.3 Å². The van der Waals surface area contributed by atoms with Crippen LogP contribution in [0.4, 0.5) is 0 Å². The Morgan fingerprint density at radius 1 is 1.37 bits per heavy atom. The highest BCUT2D eigenvalue weighted by atomic mass is 16.5. The molecule has 0 spiro atoms. The second-order valence-corrected chi connectivity index (χ2v) is 6.76. The summed E-state index contributed by atoms with van der Waals surface area (Å²) in [4.78, 5) is 36.0. The predicted molar refractivity (Wildman–Crippen MR) is 98.6 cm³/mol. The molecule has 4 rings (SSSR count). The van der Waals surface area contributed by atoms with Crippen LogP contribution in [-0.2, 0) is 18.3 Å². The Kier molecular flexibility index (Phi) is 4.53. The van der Waals surface area contributed by atoms with E-state index in [2.05, 4.69) is 9.97 Å². The number of ether oxygens (including phenoxy) is 1. The number of amides is 1. The fourth-order valence-electron chi connectivity index (χ4n) is 3.66. The fourth-order valence-corrected chi connectivity index (χ4v) is 3.66. The number of carbonyl (C=O) groups excluding carboxylic acids is 1. The van der Waals surface area contributed by atoms with Crippen LogP contribution in [0.15, 0.2) is 35.6 Å². The molecule has 4 heterocycles. The highest BCUT2D eigenvalue weighted by molar-refractivity contribution is 5.92. The molecule has 27 heavy (non-hydrogen) atoms. The average molecular weight is 370 g/mol. The largest absolute Gasteiger partial charge is 0.383 e. The van der Waals surface area contributed by atoms with Gasteiger partial charge in [0.05, 0.1) is 31.0 Å². The van der Waals surface area contributed by atoms with Crippen molar-refractivity contribution in [2.75, 3.05) is 26.8 Å². The second kappa shape index (κ2) is 6.99. The number of likely N-dealkylation sites (tertiary alicyclic amines) is 1. The van der Waals surface area contributed by atoms with E-state index in [-0.39, 0.29) is 17.6 Å². The molecule has 1 fully saturated rings. The Balaban J connectivity index is 1.64. The zero-order valence-corrected chi connectivity index (χ0v) is 15.4. The first kappa shape index (κ1) is 17.5. The first-order chi connectivity index (χ1) is 13.1. The van der Waals surface area contributed by atoms with Crippen LogP contribution in [0, 0.1) is 0 Å². The topological polar surface area (TPSA) is 87.2 Å². The number of aryl methyl sites for hydroxylation is 1. The maximum atomic E-state index is 13.0. The minimum absolute atomic E-state index is 0.105. The fraction of sp³-hybridized carbons (Fsp3) is 0.444. The molecule has 0 saturated carbocycles. The monoisotopic (exact) mass is 370 g/mol. The lowest BCUT2D eigenvalue weighted by Gasteiger charge is -2.15. The zero-order chi connectivity index (χ0) is 19.0. The smallest absolute Gasteiger partial charge is 0.330 e. The van der Waals surface area contributed by atoms with Gasteiger partial charge in [-0.15, -0.1) is 0 Å². The number of aromatic nitrogens is 5. The summed E-state index contributed by atoms with van der Waals surface area (Å²) in [7, 11) is 3.44. The first-order valence-corrected chi connectivity index (χ1v) is 8.92. The summed E-state index contributed by atoms with van der Waals surface area (Å²) >= 11 is 0. The van der Waals surface area contributed by atoms with Gasteiger partial charge in [0.15, 0.2) is 5.65 Å². The Labute approximate surface area is 155 Å². The Morgan fingerprint density at radius 3 is 2.96 bits per heavy atom. The maximum absolute atomic E-state index is 13.0. The van der Waals surface area contributed by atoms with Crippen LogP contribution in [0.5, 0.6) is 0 Å². The van der Waals surface area contributed by atoms with Gasteiger partial charge in [-0.05, 0) is 18.6 Å². The van der Waals surface area contributed by atoms with Crippen molar-refractivity contribution in [1.82, 2.24) is 28.6 Å². The highest BCUT2D eigenvalue weighted by Gasteiger charge is 2.32. The summed E-state index contributed by atoms with van der Waals surface area (Å²) < 4.78 is 10.3. The number of hydrogen-bond acceptors (Lipinski definition) is 5. The molecule has 1 amide bonds. The van der Waals surface area contributed by atoms with E-state index in [9.17, 15) is 9.59 Å². The number of nitrogens with zero attached hydrogens (tertiary/aromatic N) is 6. The van der Waals surface area contributed by atoms with Gasteiger partial charge in [-0.25, -0.2) is 14.8 Å². The predicted octanol–water partition coefficient (Wildman–Crippen LogP) is 0.665. The van der Waals surface area contributed by atoms with Crippen molar-refractivity contribution in [3.63, 3.8) is 0 Å². The molecule has 3 aromatic heterocycles. The minimum Gasteiger partial charge on any atom is -0.383 e. The van der Waals surface area contributed by atoms with Crippen molar-refractivity contribution >= 4 is 17.1 Å². The van der Waals surface area contributed by atoms with E-state index >= 15 is 0 Å². The van der Waals surface area contributed by atoms with Crippen LogP contribution in [0.3, 0.4) is 0 Å². The van der Waals surface area contributed by atoms with Gasteiger partial charge in [0.1, 0.15) is 5.69 Å².